The summed E-state index contributed by atoms with van der Waals surface area (Å²) in [7, 11) is 4.25. The predicted octanol–water partition coefficient (Wildman–Crippen LogP) is 4.54. The Bertz CT molecular complexity index is 1520. The van der Waals surface area contributed by atoms with Crippen LogP contribution >= 0.6 is 0 Å². The fourth-order valence-corrected chi connectivity index (χ4v) is 7.21. The van der Waals surface area contributed by atoms with E-state index >= 15 is 0 Å². The van der Waals surface area contributed by atoms with Gasteiger partial charge in [0.15, 0.2) is 0 Å². The second kappa shape index (κ2) is 12.4. The SMILES string of the molecule is C=CC(=O)N1CCN(c2cc(C(=O)N[C@H]3CCC[C@@H](N(C)C)C3)nc3c2CCN(c2cccc4cccc(C)c24)C3)CC1. The fourth-order valence-electron chi connectivity index (χ4n) is 7.21. The minimum Gasteiger partial charge on any atom is -0.368 e. The zero-order chi connectivity index (χ0) is 30.1. The van der Waals surface area contributed by atoms with Crippen LogP contribution < -0.4 is 15.1 Å². The average Bonchev–Trinajstić information content (AvgIpc) is 3.03. The maximum absolute atomic E-state index is 13.8. The van der Waals surface area contributed by atoms with Gasteiger partial charge in [0.1, 0.15) is 5.69 Å². The number of nitrogens with zero attached hydrogens (tertiary/aromatic N) is 5. The summed E-state index contributed by atoms with van der Waals surface area (Å²) in [6.45, 7) is 10.1. The lowest BCUT2D eigenvalue weighted by atomic mass is 9.90. The maximum atomic E-state index is 13.8. The average molecular weight is 581 g/mol. The summed E-state index contributed by atoms with van der Waals surface area (Å²) in [4.78, 5) is 40.0. The van der Waals surface area contributed by atoms with Gasteiger partial charge in [-0.25, -0.2) is 4.98 Å². The third-order valence-corrected chi connectivity index (χ3v) is 9.64. The minimum absolute atomic E-state index is 0.0268. The Labute approximate surface area is 255 Å². The predicted molar refractivity (Wildman–Crippen MR) is 174 cm³/mol. The van der Waals surface area contributed by atoms with Crippen LogP contribution in [0.4, 0.5) is 11.4 Å². The van der Waals surface area contributed by atoms with Crippen molar-refractivity contribution in [3.8, 4) is 0 Å². The molecule has 2 atom stereocenters. The highest BCUT2D eigenvalue weighted by molar-refractivity contribution is 5.97. The molecule has 1 aliphatic carbocycles. The highest BCUT2D eigenvalue weighted by Gasteiger charge is 2.30. The summed E-state index contributed by atoms with van der Waals surface area (Å²) < 4.78 is 0. The quantitative estimate of drug-likeness (QED) is 0.432. The number of aromatic nitrogens is 1. The van der Waals surface area contributed by atoms with Gasteiger partial charge >= 0.3 is 0 Å². The topological polar surface area (TPSA) is 72.0 Å². The van der Waals surface area contributed by atoms with Crippen LogP contribution in [0.1, 0.15) is 53.0 Å². The number of carbonyl (C=O) groups excluding carboxylic acids is 2. The lowest BCUT2D eigenvalue weighted by molar-refractivity contribution is -0.126. The number of rotatable bonds is 6. The van der Waals surface area contributed by atoms with Crippen LogP contribution in [0.5, 0.6) is 0 Å². The first kappa shape index (κ1) is 29.2. The summed E-state index contributed by atoms with van der Waals surface area (Å²) in [6.07, 6.45) is 6.49. The van der Waals surface area contributed by atoms with Crippen molar-refractivity contribution in [1.82, 2.24) is 20.1 Å². The molecule has 0 unspecified atom stereocenters. The van der Waals surface area contributed by atoms with E-state index in [9.17, 15) is 9.59 Å². The van der Waals surface area contributed by atoms with Gasteiger partial charge in [-0.3, -0.25) is 9.59 Å². The molecule has 8 nitrogen and oxygen atoms in total. The zero-order valence-corrected chi connectivity index (χ0v) is 25.8. The van der Waals surface area contributed by atoms with E-state index in [1.54, 1.807) is 0 Å². The lowest BCUT2D eigenvalue weighted by Gasteiger charge is -2.39. The van der Waals surface area contributed by atoms with Gasteiger partial charge in [-0.05, 0) is 82.3 Å². The Balaban J connectivity index is 1.32. The molecule has 0 radical (unpaired) electrons. The van der Waals surface area contributed by atoms with E-state index in [2.05, 4.69) is 84.0 Å². The normalized spacial score (nSPS) is 20.7. The van der Waals surface area contributed by atoms with E-state index in [1.165, 1.54) is 40.1 Å². The number of benzene rings is 2. The van der Waals surface area contributed by atoms with Gasteiger partial charge < -0.3 is 24.9 Å². The molecule has 2 fully saturated rings. The molecule has 1 saturated carbocycles. The molecule has 2 aliphatic heterocycles. The van der Waals surface area contributed by atoms with Crippen LogP contribution in [0.3, 0.4) is 0 Å². The Morgan fingerprint density at radius 3 is 2.51 bits per heavy atom. The molecule has 2 amide bonds. The lowest BCUT2D eigenvalue weighted by Crippen LogP contribution is -2.49. The largest absolute Gasteiger partial charge is 0.368 e. The molecule has 3 aliphatic rings. The minimum atomic E-state index is -0.0907. The molecular formula is C35H44N6O2. The van der Waals surface area contributed by atoms with Crippen molar-refractivity contribution in [1.29, 1.82) is 0 Å². The van der Waals surface area contributed by atoms with Crippen molar-refractivity contribution in [3.63, 3.8) is 0 Å². The zero-order valence-electron chi connectivity index (χ0n) is 25.8. The summed E-state index contributed by atoms with van der Waals surface area (Å²) in [5, 5.41) is 5.85. The van der Waals surface area contributed by atoms with Gasteiger partial charge in [0.05, 0.1) is 12.2 Å². The number of hydrogen-bond donors (Lipinski definition) is 1. The molecule has 1 saturated heterocycles. The number of fused-ring (bicyclic) bond motifs is 2. The Kier molecular flexibility index (Phi) is 8.39. The van der Waals surface area contributed by atoms with E-state index in [-0.39, 0.29) is 17.9 Å². The van der Waals surface area contributed by atoms with Crippen LogP contribution in [0, 0.1) is 6.92 Å². The molecule has 1 N–H and O–H groups in total. The molecule has 43 heavy (non-hydrogen) atoms. The number of carbonyl (C=O) groups is 2. The Morgan fingerprint density at radius 2 is 1.77 bits per heavy atom. The molecule has 6 rings (SSSR count). The first-order valence-electron chi connectivity index (χ1n) is 15.7. The van der Waals surface area contributed by atoms with Gasteiger partial charge in [0.25, 0.3) is 5.91 Å². The van der Waals surface area contributed by atoms with Crippen LogP contribution in [0.2, 0.25) is 0 Å². The van der Waals surface area contributed by atoms with Crippen molar-refractivity contribution in [3.05, 3.63) is 77.6 Å². The number of hydrogen-bond acceptors (Lipinski definition) is 6. The molecule has 226 valence electrons. The number of piperazine rings is 1. The van der Waals surface area contributed by atoms with Crippen LogP contribution in [0.15, 0.2) is 55.1 Å². The van der Waals surface area contributed by atoms with Crippen molar-refractivity contribution in [2.75, 3.05) is 56.6 Å². The Morgan fingerprint density at radius 1 is 1.00 bits per heavy atom. The van der Waals surface area contributed by atoms with Gasteiger partial charge in [-0.2, -0.15) is 0 Å². The van der Waals surface area contributed by atoms with Crippen LogP contribution in [-0.4, -0.2) is 85.5 Å². The van der Waals surface area contributed by atoms with Gasteiger partial charge in [-0.15, -0.1) is 0 Å². The molecule has 2 aromatic carbocycles. The molecule has 3 heterocycles. The van der Waals surface area contributed by atoms with Gasteiger partial charge in [0, 0.05) is 67.1 Å². The Hall–Kier alpha value is -3.91. The van der Waals surface area contributed by atoms with Crippen molar-refractivity contribution >= 4 is 34.0 Å². The van der Waals surface area contributed by atoms with E-state index < -0.39 is 0 Å². The second-order valence-corrected chi connectivity index (χ2v) is 12.5. The highest BCUT2D eigenvalue weighted by atomic mass is 16.2. The third kappa shape index (κ3) is 5.98. The van der Waals surface area contributed by atoms with Gasteiger partial charge in [0.2, 0.25) is 5.91 Å². The van der Waals surface area contributed by atoms with Gasteiger partial charge in [-0.1, -0.05) is 36.9 Å². The second-order valence-electron chi connectivity index (χ2n) is 12.5. The van der Waals surface area contributed by atoms with E-state index in [0.29, 0.717) is 31.4 Å². The standard InChI is InChI=1S/C35H44N6O2/c1-5-33(42)40-19-17-39(18-20-40)32-22-29(35(43)36-26-12-8-13-27(21-26)38(3)4)37-30-23-41(16-15-28(30)32)31-14-7-11-25-10-6-9-24(2)34(25)31/h5-7,9-11,14,22,26-27H,1,8,12-13,15-21,23H2,2-4H3,(H,36,43)/t26-,27+/m0/s1. The van der Waals surface area contributed by atoms with Crippen molar-refractivity contribution < 1.29 is 9.59 Å². The fraction of sp³-hybridized carbons (Fsp3) is 0.457. The number of amides is 2. The molecule has 1 aromatic heterocycles. The van der Waals surface area contributed by atoms with E-state index in [4.69, 9.17) is 4.98 Å². The smallest absolute Gasteiger partial charge is 0.270 e. The molecule has 0 spiro atoms. The van der Waals surface area contributed by atoms with E-state index in [0.717, 1.165) is 56.7 Å². The highest BCUT2D eigenvalue weighted by Crippen LogP contribution is 2.36. The number of aryl methyl sites for hydroxylation is 1. The number of nitrogens with one attached hydrogen (secondary N) is 1. The maximum Gasteiger partial charge on any atom is 0.270 e. The van der Waals surface area contributed by atoms with Crippen molar-refractivity contribution in [2.24, 2.45) is 0 Å². The molecule has 8 heteroatoms. The first-order chi connectivity index (χ1) is 20.8. The number of anilines is 2. The van der Waals surface area contributed by atoms with Crippen LogP contribution in [0.25, 0.3) is 10.8 Å². The van der Waals surface area contributed by atoms with Crippen LogP contribution in [-0.2, 0) is 17.8 Å². The van der Waals surface area contributed by atoms with E-state index in [1.807, 2.05) is 11.0 Å². The van der Waals surface area contributed by atoms with Crippen molar-refractivity contribution in [2.45, 2.75) is 57.7 Å². The monoisotopic (exact) mass is 580 g/mol. The summed E-state index contributed by atoms with van der Waals surface area (Å²) >= 11 is 0. The molecule has 0 bridgehead atoms. The summed E-state index contributed by atoms with van der Waals surface area (Å²) in [5.41, 5.74) is 6.24. The third-order valence-electron chi connectivity index (χ3n) is 9.64. The first-order valence-corrected chi connectivity index (χ1v) is 15.7. The number of pyridine rings is 1. The molecule has 3 aromatic rings. The molecular weight excluding hydrogens is 536 g/mol. The summed E-state index contributed by atoms with van der Waals surface area (Å²) in [5.74, 6) is -0.118. The summed E-state index contributed by atoms with van der Waals surface area (Å²) in [6, 6.07) is 15.6.